The van der Waals surface area contributed by atoms with Crippen LogP contribution in [0, 0.1) is 5.92 Å². The number of halogens is 1. The quantitative estimate of drug-likeness (QED) is 0.728. The Bertz CT molecular complexity index is 868. The Morgan fingerprint density at radius 3 is 2.45 bits per heavy atom. The van der Waals surface area contributed by atoms with Gasteiger partial charge >= 0.3 is 0 Å². The predicted molar refractivity (Wildman–Crippen MR) is 115 cm³/mol. The van der Waals surface area contributed by atoms with Gasteiger partial charge in [-0.05, 0) is 55.0 Å². The van der Waals surface area contributed by atoms with Crippen molar-refractivity contribution in [1.29, 1.82) is 0 Å². The largest absolute Gasteiger partial charge is 0.340 e. The van der Waals surface area contributed by atoms with Gasteiger partial charge in [0.25, 0.3) is 5.91 Å². The number of hydrogen-bond acceptors (Lipinski definition) is 2. The van der Waals surface area contributed by atoms with Crippen molar-refractivity contribution in [3.05, 3.63) is 70.7 Å². The summed E-state index contributed by atoms with van der Waals surface area (Å²) in [5, 5.41) is 0.683. The zero-order valence-electron chi connectivity index (χ0n) is 16.8. The van der Waals surface area contributed by atoms with Crippen LogP contribution in [0.2, 0.25) is 5.02 Å². The first-order chi connectivity index (χ1) is 14.0. The highest BCUT2D eigenvalue weighted by molar-refractivity contribution is 6.30. The molecule has 2 aromatic rings. The van der Waals surface area contributed by atoms with Crippen molar-refractivity contribution >= 4 is 23.4 Å². The van der Waals surface area contributed by atoms with E-state index < -0.39 is 0 Å². The molecule has 2 aromatic carbocycles. The summed E-state index contributed by atoms with van der Waals surface area (Å²) in [5.41, 5.74) is 1.69. The molecular formula is C24H27ClN2O2. The van der Waals surface area contributed by atoms with E-state index in [0.717, 1.165) is 31.2 Å². The molecule has 1 aliphatic heterocycles. The number of nitrogens with zero attached hydrogens (tertiary/aromatic N) is 2. The van der Waals surface area contributed by atoms with Gasteiger partial charge in [0, 0.05) is 30.2 Å². The third kappa shape index (κ3) is 4.18. The number of fused-ring (bicyclic) bond motifs is 1. The van der Waals surface area contributed by atoms with Crippen molar-refractivity contribution in [3.8, 4) is 0 Å². The second-order valence-electron chi connectivity index (χ2n) is 8.26. The van der Waals surface area contributed by atoms with Crippen molar-refractivity contribution < 1.29 is 9.59 Å². The summed E-state index contributed by atoms with van der Waals surface area (Å²) < 4.78 is 0. The van der Waals surface area contributed by atoms with Crippen LogP contribution in [-0.2, 0) is 11.3 Å². The van der Waals surface area contributed by atoms with E-state index in [9.17, 15) is 9.59 Å². The van der Waals surface area contributed by atoms with E-state index in [1.807, 2.05) is 66.5 Å². The molecular weight excluding hydrogens is 384 g/mol. The summed E-state index contributed by atoms with van der Waals surface area (Å²) in [6, 6.07) is 16.7. The van der Waals surface area contributed by atoms with Crippen molar-refractivity contribution in [2.45, 2.75) is 50.7 Å². The van der Waals surface area contributed by atoms with Gasteiger partial charge in [0.15, 0.2) is 0 Å². The van der Waals surface area contributed by atoms with Gasteiger partial charge in [-0.3, -0.25) is 9.59 Å². The Morgan fingerprint density at radius 1 is 1.03 bits per heavy atom. The molecule has 0 spiro atoms. The van der Waals surface area contributed by atoms with Gasteiger partial charge in [0.2, 0.25) is 5.91 Å². The molecule has 0 aromatic heterocycles. The van der Waals surface area contributed by atoms with E-state index in [1.165, 1.54) is 6.42 Å². The van der Waals surface area contributed by atoms with Gasteiger partial charge in [-0.15, -0.1) is 0 Å². The molecule has 2 fully saturated rings. The Balaban J connectivity index is 1.56. The van der Waals surface area contributed by atoms with Gasteiger partial charge in [-0.25, -0.2) is 0 Å². The number of carbonyl (C=O) groups excluding carboxylic acids is 2. The van der Waals surface area contributed by atoms with Crippen molar-refractivity contribution in [1.82, 2.24) is 9.80 Å². The van der Waals surface area contributed by atoms with Crippen LogP contribution in [0.5, 0.6) is 0 Å². The topological polar surface area (TPSA) is 40.6 Å². The lowest BCUT2D eigenvalue weighted by Gasteiger charge is -2.34. The summed E-state index contributed by atoms with van der Waals surface area (Å²) in [6.45, 7) is 0.509. The van der Waals surface area contributed by atoms with Gasteiger partial charge < -0.3 is 9.80 Å². The molecule has 29 heavy (non-hydrogen) atoms. The number of likely N-dealkylation sites (tertiary alicyclic amines) is 1. The SMILES string of the molecule is CN(Cc1ccc(Cl)cc1)C(=O)C1CC2CCCCC2N1C(=O)c1ccccc1. The average molecular weight is 411 g/mol. The molecule has 0 bridgehead atoms. The molecule has 1 heterocycles. The van der Waals surface area contributed by atoms with E-state index >= 15 is 0 Å². The number of amides is 2. The lowest BCUT2D eigenvalue weighted by Crippen LogP contribution is -2.49. The molecule has 152 valence electrons. The Hall–Kier alpha value is -2.33. The molecule has 2 amide bonds. The lowest BCUT2D eigenvalue weighted by atomic mass is 9.84. The van der Waals surface area contributed by atoms with Crippen LogP contribution in [0.25, 0.3) is 0 Å². The monoisotopic (exact) mass is 410 g/mol. The highest BCUT2D eigenvalue weighted by atomic mass is 35.5. The minimum absolute atomic E-state index is 0.0155. The highest BCUT2D eigenvalue weighted by Crippen LogP contribution is 2.41. The number of likely N-dealkylation sites (N-methyl/N-ethyl adjacent to an activating group) is 1. The van der Waals surface area contributed by atoms with Gasteiger partial charge in [-0.1, -0.05) is 54.8 Å². The Kier molecular flexibility index (Phi) is 5.91. The number of hydrogen-bond donors (Lipinski definition) is 0. The lowest BCUT2D eigenvalue weighted by molar-refractivity contribution is -0.134. The van der Waals surface area contributed by atoms with Gasteiger partial charge in [0.1, 0.15) is 6.04 Å². The van der Waals surface area contributed by atoms with Crippen LogP contribution in [0.4, 0.5) is 0 Å². The van der Waals surface area contributed by atoms with Crippen LogP contribution < -0.4 is 0 Å². The second kappa shape index (κ2) is 8.58. The maximum Gasteiger partial charge on any atom is 0.254 e. The van der Waals surface area contributed by atoms with Crippen LogP contribution >= 0.6 is 11.6 Å². The van der Waals surface area contributed by atoms with E-state index in [2.05, 4.69) is 0 Å². The first-order valence-electron chi connectivity index (χ1n) is 10.4. The Labute approximate surface area is 177 Å². The fourth-order valence-corrected chi connectivity index (χ4v) is 5.02. The van der Waals surface area contributed by atoms with Crippen molar-refractivity contribution in [2.24, 2.45) is 5.92 Å². The third-order valence-corrected chi connectivity index (χ3v) is 6.59. The normalized spacial score (nSPS) is 23.5. The van der Waals surface area contributed by atoms with Crippen LogP contribution in [0.1, 0.15) is 48.0 Å². The Morgan fingerprint density at radius 2 is 1.72 bits per heavy atom. The smallest absolute Gasteiger partial charge is 0.254 e. The number of rotatable bonds is 4. The molecule has 0 radical (unpaired) electrons. The fourth-order valence-electron chi connectivity index (χ4n) is 4.90. The van der Waals surface area contributed by atoms with E-state index in [4.69, 9.17) is 11.6 Å². The van der Waals surface area contributed by atoms with Crippen molar-refractivity contribution in [3.63, 3.8) is 0 Å². The molecule has 4 rings (SSSR count). The van der Waals surface area contributed by atoms with Crippen LogP contribution in [-0.4, -0.2) is 40.7 Å². The summed E-state index contributed by atoms with van der Waals surface area (Å²) in [5.74, 6) is 0.436. The molecule has 1 saturated heterocycles. The van der Waals surface area contributed by atoms with Gasteiger partial charge in [0.05, 0.1) is 0 Å². The number of carbonyl (C=O) groups is 2. The first-order valence-corrected chi connectivity index (χ1v) is 10.8. The first kappa shape index (κ1) is 20.0. The molecule has 3 unspecified atom stereocenters. The number of benzene rings is 2. The van der Waals surface area contributed by atoms with Crippen LogP contribution in [0.3, 0.4) is 0 Å². The predicted octanol–water partition coefficient (Wildman–Crippen LogP) is 4.77. The summed E-state index contributed by atoms with van der Waals surface area (Å²) >= 11 is 5.97. The summed E-state index contributed by atoms with van der Waals surface area (Å²) in [6.07, 6.45) is 5.19. The third-order valence-electron chi connectivity index (χ3n) is 6.34. The van der Waals surface area contributed by atoms with E-state index in [1.54, 1.807) is 4.90 Å². The molecule has 1 saturated carbocycles. The minimum Gasteiger partial charge on any atom is -0.340 e. The van der Waals surface area contributed by atoms with E-state index in [0.29, 0.717) is 23.0 Å². The molecule has 5 heteroatoms. The average Bonchev–Trinajstić information content (AvgIpc) is 3.14. The minimum atomic E-state index is -0.381. The zero-order chi connectivity index (χ0) is 20.4. The highest BCUT2D eigenvalue weighted by Gasteiger charge is 2.48. The molecule has 4 nitrogen and oxygen atoms in total. The van der Waals surface area contributed by atoms with Gasteiger partial charge in [-0.2, -0.15) is 0 Å². The molecule has 3 atom stereocenters. The van der Waals surface area contributed by atoms with Crippen molar-refractivity contribution in [2.75, 3.05) is 7.05 Å². The van der Waals surface area contributed by atoms with Crippen LogP contribution in [0.15, 0.2) is 54.6 Å². The maximum atomic E-state index is 13.4. The zero-order valence-corrected chi connectivity index (χ0v) is 17.5. The summed E-state index contributed by atoms with van der Waals surface area (Å²) in [4.78, 5) is 30.4. The van der Waals surface area contributed by atoms with E-state index in [-0.39, 0.29) is 23.9 Å². The standard InChI is InChI=1S/C24H27ClN2O2/c1-26(16-17-11-13-20(25)14-12-17)24(29)22-15-19-9-5-6-10-21(19)27(22)23(28)18-7-3-2-4-8-18/h2-4,7-8,11-14,19,21-22H,5-6,9-10,15-16H2,1H3. The maximum absolute atomic E-state index is 13.4. The molecule has 0 N–H and O–H groups in total. The molecule has 1 aliphatic carbocycles. The molecule has 2 aliphatic rings. The fraction of sp³-hybridized carbons (Fsp3) is 0.417. The second-order valence-corrected chi connectivity index (χ2v) is 8.70. The summed E-state index contributed by atoms with van der Waals surface area (Å²) in [7, 11) is 1.82.